The van der Waals surface area contributed by atoms with Gasteiger partial charge in [-0.15, -0.1) is 0 Å². The molecule has 0 radical (unpaired) electrons. The van der Waals surface area contributed by atoms with Gasteiger partial charge in [0.25, 0.3) is 0 Å². The lowest BCUT2D eigenvalue weighted by Gasteiger charge is -2.12. The lowest BCUT2D eigenvalue weighted by molar-refractivity contribution is -0.159. The minimum Gasteiger partial charge on any atom is -0.493 e. The van der Waals surface area contributed by atoms with Gasteiger partial charge in [-0.05, 0) is 43.7 Å². The Labute approximate surface area is 192 Å². The van der Waals surface area contributed by atoms with Crippen LogP contribution in [0.25, 0.3) is 17.0 Å². The molecule has 0 aliphatic rings. The molecular weight excluding hydrogens is 426 g/mol. The highest BCUT2D eigenvalue weighted by Crippen LogP contribution is 2.29. The van der Waals surface area contributed by atoms with Gasteiger partial charge >= 0.3 is 11.9 Å². The minimum atomic E-state index is -1.82. The summed E-state index contributed by atoms with van der Waals surface area (Å²) >= 11 is 0. The third-order valence-corrected chi connectivity index (χ3v) is 4.36. The summed E-state index contributed by atoms with van der Waals surface area (Å²) in [4.78, 5) is 22.8. The minimum absolute atomic E-state index is 0.552. The second-order valence-corrected chi connectivity index (χ2v) is 6.85. The van der Waals surface area contributed by atoms with Crippen molar-refractivity contribution < 1.29 is 34.0 Å². The molecule has 1 aromatic heterocycles. The molecule has 3 aromatic rings. The molecule has 0 amide bonds. The van der Waals surface area contributed by atoms with Gasteiger partial charge in [0.05, 0.1) is 20.3 Å². The molecular formula is C25H27NO7. The molecule has 2 N–H and O–H groups in total. The fraction of sp³-hybridized carbons (Fsp3) is 0.240. The molecule has 0 spiro atoms. The van der Waals surface area contributed by atoms with E-state index in [1.807, 2.05) is 68.5 Å². The van der Waals surface area contributed by atoms with Crippen molar-refractivity contribution >= 4 is 28.9 Å². The Morgan fingerprint density at radius 2 is 1.64 bits per heavy atom. The van der Waals surface area contributed by atoms with Gasteiger partial charge in [-0.3, -0.25) is 0 Å². The Morgan fingerprint density at radius 3 is 2.27 bits per heavy atom. The molecule has 33 heavy (non-hydrogen) atoms. The number of hydrogen-bond acceptors (Lipinski definition) is 6. The summed E-state index contributed by atoms with van der Waals surface area (Å²) in [5, 5.41) is 15.9. The van der Waals surface area contributed by atoms with Crippen LogP contribution in [0.15, 0.2) is 54.6 Å². The highest BCUT2D eigenvalue weighted by Gasteiger charge is 2.06. The quantitative estimate of drug-likeness (QED) is 0.376. The highest BCUT2D eigenvalue weighted by molar-refractivity contribution is 6.27. The predicted molar refractivity (Wildman–Crippen MR) is 125 cm³/mol. The predicted octanol–water partition coefficient (Wildman–Crippen LogP) is 4.59. The standard InChI is InChI=1S/C23H25NO3.C2H2O4/c1-4-7-18-11-13-20(22(16-18)25-3)26-14-6-15-27-21-9-5-8-19-12-10-17(2)24-23(19)21;3-1(4)2(5)6/h4-5,7-13,16H,6,14-15H2,1-3H3;(H,3,4)(H,5,6). The number of para-hydroxylation sites is 1. The first-order valence-corrected chi connectivity index (χ1v) is 10.2. The number of hydrogen-bond donors (Lipinski definition) is 2. The van der Waals surface area contributed by atoms with Crippen LogP contribution in [0.2, 0.25) is 0 Å². The number of rotatable bonds is 8. The molecule has 3 rings (SSSR count). The first-order valence-electron chi connectivity index (χ1n) is 10.2. The summed E-state index contributed by atoms with van der Waals surface area (Å²) in [5.41, 5.74) is 2.97. The van der Waals surface area contributed by atoms with E-state index in [0.29, 0.717) is 13.2 Å². The zero-order valence-electron chi connectivity index (χ0n) is 18.8. The van der Waals surface area contributed by atoms with Crippen LogP contribution >= 0.6 is 0 Å². The maximum absolute atomic E-state index is 9.10. The van der Waals surface area contributed by atoms with Crippen LogP contribution < -0.4 is 14.2 Å². The number of aryl methyl sites for hydroxylation is 1. The second kappa shape index (κ2) is 12.7. The maximum atomic E-state index is 9.10. The van der Waals surface area contributed by atoms with Crippen molar-refractivity contribution in [1.29, 1.82) is 0 Å². The summed E-state index contributed by atoms with van der Waals surface area (Å²) in [6.45, 7) is 5.09. The number of aromatic nitrogens is 1. The van der Waals surface area contributed by atoms with Crippen molar-refractivity contribution in [2.24, 2.45) is 0 Å². The third kappa shape index (κ3) is 7.84. The fourth-order valence-corrected chi connectivity index (χ4v) is 2.86. The Hall–Kier alpha value is -4.07. The number of ether oxygens (including phenoxy) is 3. The zero-order chi connectivity index (χ0) is 24.2. The van der Waals surface area contributed by atoms with E-state index in [2.05, 4.69) is 11.1 Å². The van der Waals surface area contributed by atoms with E-state index < -0.39 is 11.9 Å². The van der Waals surface area contributed by atoms with Crippen molar-refractivity contribution in [3.63, 3.8) is 0 Å². The summed E-state index contributed by atoms with van der Waals surface area (Å²) < 4.78 is 17.2. The van der Waals surface area contributed by atoms with Gasteiger partial charge < -0.3 is 24.4 Å². The van der Waals surface area contributed by atoms with E-state index in [0.717, 1.165) is 45.8 Å². The van der Waals surface area contributed by atoms with Crippen LogP contribution in [-0.4, -0.2) is 47.5 Å². The molecule has 174 valence electrons. The number of carbonyl (C=O) groups is 2. The van der Waals surface area contributed by atoms with Gasteiger partial charge in [-0.1, -0.05) is 36.4 Å². The molecule has 0 aliphatic carbocycles. The van der Waals surface area contributed by atoms with E-state index in [-0.39, 0.29) is 0 Å². The summed E-state index contributed by atoms with van der Waals surface area (Å²) in [6, 6.07) is 16.0. The molecule has 0 saturated carbocycles. The van der Waals surface area contributed by atoms with Crippen LogP contribution in [0.1, 0.15) is 24.6 Å². The Morgan fingerprint density at radius 1 is 0.939 bits per heavy atom. The van der Waals surface area contributed by atoms with Crippen molar-refractivity contribution in [3.8, 4) is 17.2 Å². The molecule has 0 saturated heterocycles. The van der Waals surface area contributed by atoms with Crippen LogP contribution in [0.5, 0.6) is 17.2 Å². The van der Waals surface area contributed by atoms with E-state index in [1.165, 1.54) is 0 Å². The molecule has 2 aromatic carbocycles. The normalized spacial score (nSPS) is 10.4. The second-order valence-electron chi connectivity index (χ2n) is 6.85. The van der Waals surface area contributed by atoms with Crippen molar-refractivity contribution in [1.82, 2.24) is 4.98 Å². The SMILES string of the molecule is CC=Cc1ccc(OCCCOc2cccc3ccc(C)nc23)c(OC)c1.O=C(O)C(=O)O. The number of pyridine rings is 1. The molecule has 1 heterocycles. The van der Waals surface area contributed by atoms with E-state index in [1.54, 1.807) is 7.11 Å². The van der Waals surface area contributed by atoms with Gasteiger partial charge in [0, 0.05) is 17.5 Å². The number of fused-ring (bicyclic) bond motifs is 1. The topological polar surface area (TPSA) is 115 Å². The van der Waals surface area contributed by atoms with E-state index >= 15 is 0 Å². The van der Waals surface area contributed by atoms with Gasteiger partial charge in [0.15, 0.2) is 11.5 Å². The number of benzene rings is 2. The van der Waals surface area contributed by atoms with Crippen molar-refractivity contribution in [2.45, 2.75) is 20.3 Å². The largest absolute Gasteiger partial charge is 0.493 e. The number of nitrogens with zero attached hydrogens (tertiary/aromatic N) is 1. The number of methoxy groups -OCH3 is 1. The average Bonchev–Trinajstić information content (AvgIpc) is 2.80. The van der Waals surface area contributed by atoms with E-state index in [4.69, 9.17) is 34.0 Å². The molecule has 0 fully saturated rings. The molecule has 0 atom stereocenters. The van der Waals surface area contributed by atoms with E-state index in [9.17, 15) is 0 Å². The Balaban J connectivity index is 0.000000569. The molecule has 0 aliphatic heterocycles. The molecule has 8 heteroatoms. The lowest BCUT2D eigenvalue weighted by atomic mass is 10.2. The summed E-state index contributed by atoms with van der Waals surface area (Å²) in [6.07, 6.45) is 4.79. The number of carboxylic acids is 2. The number of aliphatic carboxylic acids is 2. The van der Waals surface area contributed by atoms with Crippen LogP contribution in [-0.2, 0) is 9.59 Å². The van der Waals surface area contributed by atoms with Gasteiger partial charge in [0.2, 0.25) is 0 Å². The molecule has 8 nitrogen and oxygen atoms in total. The molecule has 0 bridgehead atoms. The smallest absolute Gasteiger partial charge is 0.414 e. The molecule has 0 unspecified atom stereocenters. The Kier molecular flexibility index (Phi) is 9.70. The first-order chi connectivity index (χ1) is 15.8. The van der Waals surface area contributed by atoms with Crippen LogP contribution in [0, 0.1) is 6.92 Å². The Bertz CT molecular complexity index is 1110. The van der Waals surface area contributed by atoms with Crippen molar-refractivity contribution in [3.05, 3.63) is 65.9 Å². The van der Waals surface area contributed by atoms with Gasteiger partial charge in [-0.25, -0.2) is 14.6 Å². The fourth-order valence-electron chi connectivity index (χ4n) is 2.86. The number of allylic oxidation sites excluding steroid dienone is 1. The maximum Gasteiger partial charge on any atom is 0.414 e. The average molecular weight is 453 g/mol. The van der Waals surface area contributed by atoms with Crippen LogP contribution in [0.3, 0.4) is 0 Å². The summed E-state index contributed by atoms with van der Waals surface area (Å²) in [7, 11) is 1.65. The third-order valence-electron chi connectivity index (χ3n) is 4.36. The number of carboxylic acid groups (broad SMARTS) is 2. The van der Waals surface area contributed by atoms with Gasteiger partial charge in [0.1, 0.15) is 11.3 Å². The van der Waals surface area contributed by atoms with Crippen LogP contribution in [0.4, 0.5) is 0 Å². The monoisotopic (exact) mass is 453 g/mol. The van der Waals surface area contributed by atoms with Crippen molar-refractivity contribution in [2.75, 3.05) is 20.3 Å². The summed E-state index contributed by atoms with van der Waals surface area (Å²) in [5.74, 6) is -1.36. The van der Waals surface area contributed by atoms with Gasteiger partial charge in [-0.2, -0.15) is 0 Å². The lowest BCUT2D eigenvalue weighted by Crippen LogP contribution is -2.09. The highest BCUT2D eigenvalue weighted by atomic mass is 16.5. The zero-order valence-corrected chi connectivity index (χ0v) is 18.8. The first kappa shape index (κ1) is 25.2.